The molecule has 0 aliphatic heterocycles. The van der Waals surface area contributed by atoms with Crippen LogP contribution in [0.25, 0.3) is 0 Å². The standard InChI is InChI=1S/C53H73ClN2O8/c1-30(2)40-36(57)27-51(38(58)28-55-45(63)52(19-10-9-11-20-52)56-42(59)31-12-14-32(54)15-13-31)24-22-47(5)33(41(40)51)16-17-37-48(47,6)23-25-53-29-50(53,8)39(18-21-49(37,53)7)64-44(62)35-26-34(43(60)61)46(35,3)4/h12-15,30,33-35,37-39,58H,9-11,16-29H2,1-8H3,(H,55,63)(H,56,59)(H,60,61)/t33-,34+,35-,37+,38+,39+,47-,48?,49-,50-,51+,53+/m1/s1. The molecule has 1 aromatic rings. The minimum absolute atomic E-state index is 0.00506. The fourth-order valence-electron chi connectivity index (χ4n) is 17.1. The molecule has 9 rings (SSSR count). The summed E-state index contributed by atoms with van der Waals surface area (Å²) in [5.74, 6) is -1.89. The number of Topliss-reactive ketones (excluding diaryl/α,β-unsaturated/α-hetero) is 1. The molecule has 350 valence electrons. The molecule has 64 heavy (non-hydrogen) atoms. The van der Waals surface area contributed by atoms with Gasteiger partial charge in [0.25, 0.3) is 5.91 Å². The zero-order chi connectivity index (χ0) is 46.2. The molecule has 11 heteroatoms. The number of allylic oxidation sites excluding steroid dienone is 1. The predicted molar refractivity (Wildman–Crippen MR) is 244 cm³/mol. The molecule has 1 spiro atoms. The fraction of sp³-hybridized carbons (Fsp3) is 0.755. The Kier molecular flexibility index (Phi) is 10.9. The lowest BCUT2D eigenvalue weighted by Crippen LogP contribution is -2.65. The number of aliphatic hydroxyl groups is 1. The highest BCUT2D eigenvalue weighted by molar-refractivity contribution is 6.30. The van der Waals surface area contributed by atoms with Crippen LogP contribution in [0.1, 0.15) is 168 Å². The first-order valence-electron chi connectivity index (χ1n) is 24.7. The van der Waals surface area contributed by atoms with Crippen LogP contribution in [0.3, 0.4) is 0 Å². The molecular formula is C53H73ClN2O8. The monoisotopic (exact) mass is 901 g/mol. The second kappa shape index (κ2) is 15.1. The molecular weight excluding hydrogens is 828 g/mol. The van der Waals surface area contributed by atoms with E-state index in [1.54, 1.807) is 24.3 Å². The van der Waals surface area contributed by atoms with Crippen molar-refractivity contribution in [2.45, 2.75) is 176 Å². The summed E-state index contributed by atoms with van der Waals surface area (Å²) in [4.78, 5) is 67.7. The summed E-state index contributed by atoms with van der Waals surface area (Å²) in [6, 6.07) is 6.65. The van der Waals surface area contributed by atoms with Gasteiger partial charge >= 0.3 is 11.9 Å². The van der Waals surface area contributed by atoms with Gasteiger partial charge in [0.15, 0.2) is 5.78 Å². The first-order valence-corrected chi connectivity index (χ1v) is 25.1. The largest absolute Gasteiger partial charge is 0.481 e. The highest BCUT2D eigenvalue weighted by Gasteiger charge is 2.82. The molecule has 1 aromatic carbocycles. The Morgan fingerprint density at radius 2 is 1.48 bits per heavy atom. The van der Waals surface area contributed by atoms with E-state index < -0.39 is 40.3 Å². The normalized spacial score (nSPS) is 41.8. The molecule has 7 saturated carbocycles. The van der Waals surface area contributed by atoms with Crippen LogP contribution in [0.5, 0.6) is 0 Å². The molecule has 2 amide bonds. The van der Waals surface area contributed by atoms with E-state index >= 15 is 0 Å². The van der Waals surface area contributed by atoms with Crippen LogP contribution in [-0.4, -0.2) is 64.0 Å². The predicted octanol–water partition coefficient (Wildman–Crippen LogP) is 9.64. The van der Waals surface area contributed by atoms with Gasteiger partial charge in [-0.2, -0.15) is 0 Å². The summed E-state index contributed by atoms with van der Waals surface area (Å²) < 4.78 is 6.47. The average molecular weight is 902 g/mol. The Morgan fingerprint density at radius 3 is 2.12 bits per heavy atom. The van der Waals surface area contributed by atoms with Gasteiger partial charge in [0.2, 0.25) is 5.91 Å². The second-order valence-electron chi connectivity index (χ2n) is 24.1. The van der Waals surface area contributed by atoms with Crippen LogP contribution in [0.2, 0.25) is 5.02 Å². The topological polar surface area (TPSA) is 159 Å². The van der Waals surface area contributed by atoms with Gasteiger partial charge in [0.05, 0.1) is 17.9 Å². The van der Waals surface area contributed by atoms with E-state index in [2.05, 4.69) is 52.2 Å². The number of benzene rings is 1. The first-order chi connectivity index (χ1) is 30.0. The number of esters is 1. The molecule has 0 radical (unpaired) electrons. The van der Waals surface area contributed by atoms with Gasteiger partial charge in [-0.15, -0.1) is 0 Å². The minimum atomic E-state index is -1.09. The second-order valence-corrected chi connectivity index (χ2v) is 24.6. The zero-order valence-electron chi connectivity index (χ0n) is 39.6. The van der Waals surface area contributed by atoms with Gasteiger partial charge in [-0.3, -0.25) is 24.0 Å². The van der Waals surface area contributed by atoms with Crippen LogP contribution in [0.4, 0.5) is 0 Å². The van der Waals surface area contributed by atoms with E-state index in [1.165, 1.54) is 0 Å². The quantitative estimate of drug-likeness (QED) is 0.169. The number of ether oxygens (including phenoxy) is 1. The lowest BCUT2D eigenvalue weighted by atomic mass is 9.33. The van der Waals surface area contributed by atoms with Crippen molar-refractivity contribution in [1.29, 1.82) is 0 Å². The number of amides is 2. The number of fused-ring (bicyclic) bond motifs is 6. The van der Waals surface area contributed by atoms with Crippen molar-refractivity contribution >= 4 is 41.1 Å². The Bertz CT molecular complexity index is 2180. The third-order valence-electron chi connectivity index (χ3n) is 21.2. The van der Waals surface area contributed by atoms with E-state index in [1.807, 2.05) is 13.8 Å². The third kappa shape index (κ3) is 6.20. The summed E-state index contributed by atoms with van der Waals surface area (Å²) in [6.45, 7) is 17.9. The van der Waals surface area contributed by atoms with Gasteiger partial charge in [0.1, 0.15) is 11.6 Å². The van der Waals surface area contributed by atoms with Crippen LogP contribution < -0.4 is 10.6 Å². The van der Waals surface area contributed by atoms with Gasteiger partial charge < -0.3 is 25.6 Å². The van der Waals surface area contributed by atoms with Crippen molar-refractivity contribution in [2.24, 2.45) is 67.5 Å². The van der Waals surface area contributed by atoms with Gasteiger partial charge in [0, 0.05) is 34.4 Å². The van der Waals surface area contributed by atoms with Gasteiger partial charge in [-0.1, -0.05) is 91.8 Å². The minimum Gasteiger partial charge on any atom is -0.481 e. The highest BCUT2D eigenvalue weighted by Crippen LogP contribution is 2.87. The number of halogens is 1. The summed E-state index contributed by atoms with van der Waals surface area (Å²) in [5.41, 5.74) is -0.137. The lowest BCUT2D eigenvalue weighted by Gasteiger charge is -2.71. The lowest BCUT2D eigenvalue weighted by molar-refractivity contribution is -0.223. The van der Waals surface area contributed by atoms with Crippen LogP contribution in [0.15, 0.2) is 35.4 Å². The molecule has 0 bridgehead atoms. The van der Waals surface area contributed by atoms with Crippen LogP contribution in [0, 0.1) is 67.5 Å². The SMILES string of the molecule is CC(C)C1=C2[C@H]3CC[C@H]4C(C)(CC[C@@]56C[C@]5(C)[C@@H](OC(=O)[C@H]5C[C@@H](C(=O)O)C5(C)C)CC[C@]46C)[C@]3(C)CC[C@@]2([C@@H](O)CNC(=O)C2(NC(=O)c3ccc(Cl)cc3)CCCCC2)CC1=O. The number of hydrogen-bond acceptors (Lipinski definition) is 7. The molecule has 8 aliphatic carbocycles. The van der Waals surface area contributed by atoms with Crippen LogP contribution in [-0.2, 0) is 23.9 Å². The molecule has 12 atom stereocenters. The molecule has 8 aliphatic rings. The number of carboxylic acids is 1. The Morgan fingerprint density at radius 1 is 0.812 bits per heavy atom. The van der Waals surface area contributed by atoms with E-state index in [-0.39, 0.29) is 81.5 Å². The Labute approximate surface area is 385 Å². The number of carbonyl (C=O) groups excluding carboxylic acids is 4. The Balaban J connectivity index is 0.944. The molecule has 7 fully saturated rings. The Hall–Kier alpha value is -3.24. The highest BCUT2D eigenvalue weighted by atomic mass is 35.5. The average Bonchev–Trinajstić information content (AvgIpc) is 3.76. The summed E-state index contributed by atoms with van der Waals surface area (Å²) in [5, 5.41) is 29.0. The number of carbonyl (C=O) groups is 5. The molecule has 0 saturated heterocycles. The smallest absolute Gasteiger partial charge is 0.309 e. The third-order valence-corrected chi connectivity index (χ3v) is 21.5. The maximum Gasteiger partial charge on any atom is 0.309 e. The van der Waals surface area contributed by atoms with Crippen molar-refractivity contribution in [1.82, 2.24) is 10.6 Å². The molecule has 10 nitrogen and oxygen atoms in total. The van der Waals surface area contributed by atoms with Gasteiger partial charge in [-0.05, 0) is 152 Å². The van der Waals surface area contributed by atoms with Crippen molar-refractivity contribution in [3.8, 4) is 0 Å². The number of aliphatic hydroxyl groups excluding tert-OH is 1. The van der Waals surface area contributed by atoms with Crippen molar-refractivity contribution in [3.05, 3.63) is 46.0 Å². The van der Waals surface area contributed by atoms with Crippen molar-refractivity contribution < 1.29 is 38.9 Å². The summed E-state index contributed by atoms with van der Waals surface area (Å²) in [7, 11) is 0. The van der Waals surface area contributed by atoms with Crippen molar-refractivity contribution in [3.63, 3.8) is 0 Å². The van der Waals surface area contributed by atoms with E-state index in [9.17, 15) is 34.2 Å². The molecule has 1 unspecified atom stereocenters. The zero-order valence-corrected chi connectivity index (χ0v) is 40.3. The molecule has 0 aromatic heterocycles. The number of hydrogen-bond donors (Lipinski definition) is 4. The number of aliphatic carboxylic acids is 1. The number of ketones is 1. The number of carboxylic acid groups (broad SMARTS) is 1. The fourth-order valence-corrected chi connectivity index (χ4v) is 17.2. The van der Waals surface area contributed by atoms with E-state index in [4.69, 9.17) is 16.3 Å². The van der Waals surface area contributed by atoms with Crippen LogP contribution >= 0.6 is 11.6 Å². The number of nitrogens with one attached hydrogen (secondary N) is 2. The van der Waals surface area contributed by atoms with E-state index in [0.717, 1.165) is 81.8 Å². The maximum absolute atomic E-state index is 14.3. The van der Waals surface area contributed by atoms with Crippen molar-refractivity contribution in [2.75, 3.05) is 6.54 Å². The first kappa shape index (κ1) is 45.9. The maximum atomic E-state index is 14.3. The molecule has 4 N–H and O–H groups in total. The van der Waals surface area contributed by atoms with Gasteiger partial charge in [-0.25, -0.2) is 0 Å². The molecule has 0 heterocycles. The summed E-state index contributed by atoms with van der Waals surface area (Å²) in [6.07, 6.45) is 11.6. The number of rotatable bonds is 10. The van der Waals surface area contributed by atoms with E-state index in [0.29, 0.717) is 42.2 Å². The summed E-state index contributed by atoms with van der Waals surface area (Å²) >= 11 is 6.09.